The molecule has 10 heteroatoms. The average molecular weight is 447 g/mol. The highest BCUT2D eigenvalue weighted by Gasteiger charge is 2.28. The molecule has 0 aliphatic carbocycles. The number of aromatic nitrogens is 2. The second-order valence-corrected chi connectivity index (χ2v) is 8.13. The van der Waals surface area contributed by atoms with Crippen LogP contribution in [0.2, 0.25) is 0 Å². The van der Waals surface area contributed by atoms with E-state index in [1.807, 2.05) is 9.80 Å². The SMILES string of the molecule is Fc1ccc(N2CCN(c3nc(N4CCOCC4)nc(N4CCOCC4)c3F)CC2)cc1. The number of hydrogen-bond acceptors (Lipinski definition) is 8. The lowest BCUT2D eigenvalue weighted by molar-refractivity contribution is 0.121. The van der Waals surface area contributed by atoms with Crippen LogP contribution in [-0.2, 0) is 9.47 Å². The second kappa shape index (κ2) is 9.41. The minimum atomic E-state index is -0.376. The summed E-state index contributed by atoms with van der Waals surface area (Å²) in [6.45, 7) is 7.57. The summed E-state index contributed by atoms with van der Waals surface area (Å²) in [7, 11) is 0. The molecule has 0 N–H and O–H groups in total. The van der Waals surface area contributed by atoms with Gasteiger partial charge in [0.05, 0.1) is 26.4 Å². The predicted octanol–water partition coefficient (Wildman–Crippen LogP) is 1.75. The molecule has 2 aromatic rings. The standard InChI is InChI=1S/C22H28F2N6O2/c23-17-1-3-18(4-2-17)27-5-7-28(8-6-27)20-19(24)21(29-9-13-31-14-10-29)26-22(25-20)30-11-15-32-16-12-30/h1-4H,5-16H2. The van der Waals surface area contributed by atoms with Gasteiger partial charge in [0, 0.05) is 58.0 Å². The third-order valence-corrected chi connectivity index (χ3v) is 6.18. The summed E-state index contributed by atoms with van der Waals surface area (Å²) in [6, 6.07) is 6.50. The highest BCUT2D eigenvalue weighted by Crippen LogP contribution is 2.30. The van der Waals surface area contributed by atoms with Gasteiger partial charge in [-0.1, -0.05) is 0 Å². The number of piperazine rings is 1. The van der Waals surface area contributed by atoms with Crippen LogP contribution >= 0.6 is 0 Å². The lowest BCUT2D eigenvalue weighted by Gasteiger charge is -2.38. The first-order valence-electron chi connectivity index (χ1n) is 11.2. The Labute approximate surface area is 186 Å². The fraction of sp³-hybridized carbons (Fsp3) is 0.545. The summed E-state index contributed by atoms with van der Waals surface area (Å²) in [5.74, 6) is 0.621. The van der Waals surface area contributed by atoms with Crippen molar-refractivity contribution < 1.29 is 18.3 Å². The van der Waals surface area contributed by atoms with Crippen LogP contribution in [0.3, 0.4) is 0 Å². The van der Waals surface area contributed by atoms with Crippen LogP contribution in [0.4, 0.5) is 32.1 Å². The number of halogens is 2. The van der Waals surface area contributed by atoms with E-state index < -0.39 is 0 Å². The number of rotatable bonds is 4. The Morgan fingerprint density at radius 2 is 1.06 bits per heavy atom. The van der Waals surface area contributed by atoms with Gasteiger partial charge in [-0.15, -0.1) is 0 Å². The molecule has 0 bridgehead atoms. The molecule has 0 unspecified atom stereocenters. The second-order valence-electron chi connectivity index (χ2n) is 8.13. The first-order valence-corrected chi connectivity index (χ1v) is 11.2. The molecule has 172 valence electrons. The molecule has 5 rings (SSSR count). The highest BCUT2D eigenvalue weighted by atomic mass is 19.1. The van der Waals surface area contributed by atoms with Crippen molar-refractivity contribution >= 4 is 23.3 Å². The quantitative estimate of drug-likeness (QED) is 0.704. The van der Waals surface area contributed by atoms with E-state index in [0.29, 0.717) is 96.4 Å². The maximum atomic E-state index is 15.7. The minimum Gasteiger partial charge on any atom is -0.378 e. The summed E-state index contributed by atoms with van der Waals surface area (Å²) in [5.41, 5.74) is 0.970. The van der Waals surface area contributed by atoms with Crippen LogP contribution in [0, 0.1) is 11.6 Å². The van der Waals surface area contributed by atoms with E-state index >= 15 is 4.39 Å². The van der Waals surface area contributed by atoms with E-state index in [0.717, 1.165) is 5.69 Å². The maximum Gasteiger partial charge on any atom is 0.229 e. The van der Waals surface area contributed by atoms with E-state index in [4.69, 9.17) is 9.47 Å². The largest absolute Gasteiger partial charge is 0.378 e. The monoisotopic (exact) mass is 446 g/mol. The molecule has 1 aromatic carbocycles. The Bertz CT molecular complexity index is 911. The molecule has 0 spiro atoms. The Balaban J connectivity index is 1.40. The van der Waals surface area contributed by atoms with Gasteiger partial charge in [0.25, 0.3) is 0 Å². The van der Waals surface area contributed by atoms with Gasteiger partial charge in [0.1, 0.15) is 5.82 Å². The van der Waals surface area contributed by atoms with Crippen LogP contribution < -0.4 is 19.6 Å². The van der Waals surface area contributed by atoms with Crippen LogP contribution in [0.5, 0.6) is 0 Å². The number of morpholine rings is 2. The molecule has 3 fully saturated rings. The molecule has 8 nitrogen and oxygen atoms in total. The summed E-state index contributed by atoms with van der Waals surface area (Å²) in [6.07, 6.45) is 0. The van der Waals surface area contributed by atoms with Gasteiger partial charge in [-0.25, -0.2) is 4.39 Å². The Morgan fingerprint density at radius 1 is 0.594 bits per heavy atom. The van der Waals surface area contributed by atoms with E-state index in [1.165, 1.54) is 12.1 Å². The minimum absolute atomic E-state index is 0.248. The number of anilines is 4. The Morgan fingerprint density at radius 3 is 1.62 bits per heavy atom. The van der Waals surface area contributed by atoms with Crippen LogP contribution in [0.25, 0.3) is 0 Å². The van der Waals surface area contributed by atoms with Crippen molar-refractivity contribution in [2.75, 3.05) is 98.4 Å². The van der Waals surface area contributed by atoms with Crippen molar-refractivity contribution in [3.05, 3.63) is 35.9 Å². The van der Waals surface area contributed by atoms with E-state index in [-0.39, 0.29) is 11.6 Å². The molecular weight excluding hydrogens is 418 g/mol. The zero-order chi connectivity index (χ0) is 21.9. The fourth-order valence-electron chi connectivity index (χ4n) is 4.34. The average Bonchev–Trinajstić information content (AvgIpc) is 2.86. The molecule has 0 saturated carbocycles. The first kappa shape index (κ1) is 21.1. The first-order chi connectivity index (χ1) is 15.7. The van der Waals surface area contributed by atoms with E-state index in [9.17, 15) is 4.39 Å². The molecule has 3 aliphatic rings. The lowest BCUT2D eigenvalue weighted by atomic mass is 10.2. The van der Waals surface area contributed by atoms with Gasteiger partial charge in [-0.2, -0.15) is 14.4 Å². The van der Waals surface area contributed by atoms with E-state index in [1.54, 1.807) is 12.1 Å². The molecule has 3 aliphatic heterocycles. The summed E-state index contributed by atoms with van der Waals surface area (Å²) < 4.78 is 39.9. The zero-order valence-corrected chi connectivity index (χ0v) is 18.1. The normalized spacial score (nSPS) is 20.1. The molecule has 32 heavy (non-hydrogen) atoms. The molecule has 3 saturated heterocycles. The highest BCUT2D eigenvalue weighted by molar-refractivity contribution is 5.59. The van der Waals surface area contributed by atoms with Crippen LogP contribution in [-0.4, -0.2) is 88.8 Å². The zero-order valence-electron chi connectivity index (χ0n) is 18.1. The van der Waals surface area contributed by atoms with Crippen molar-refractivity contribution in [1.29, 1.82) is 0 Å². The summed E-state index contributed by atoms with van der Waals surface area (Å²) in [4.78, 5) is 17.5. The topological polar surface area (TPSA) is 57.2 Å². The lowest BCUT2D eigenvalue weighted by Crippen LogP contribution is -2.47. The predicted molar refractivity (Wildman–Crippen MR) is 119 cm³/mol. The van der Waals surface area contributed by atoms with Crippen LogP contribution in [0.15, 0.2) is 24.3 Å². The summed E-state index contributed by atoms with van der Waals surface area (Å²) in [5, 5.41) is 0. The van der Waals surface area contributed by atoms with Gasteiger partial charge >= 0.3 is 0 Å². The molecule has 4 heterocycles. The molecule has 0 radical (unpaired) electrons. The number of ether oxygens (including phenoxy) is 2. The third-order valence-electron chi connectivity index (χ3n) is 6.18. The van der Waals surface area contributed by atoms with Gasteiger partial charge < -0.3 is 29.1 Å². The van der Waals surface area contributed by atoms with Crippen LogP contribution in [0.1, 0.15) is 0 Å². The number of benzene rings is 1. The van der Waals surface area contributed by atoms with Gasteiger partial charge in [0.15, 0.2) is 11.6 Å². The maximum absolute atomic E-state index is 15.7. The van der Waals surface area contributed by atoms with Crippen molar-refractivity contribution in [1.82, 2.24) is 9.97 Å². The van der Waals surface area contributed by atoms with Crippen molar-refractivity contribution in [2.24, 2.45) is 0 Å². The smallest absolute Gasteiger partial charge is 0.229 e. The summed E-state index contributed by atoms with van der Waals surface area (Å²) >= 11 is 0. The van der Waals surface area contributed by atoms with Gasteiger partial charge in [-0.3, -0.25) is 0 Å². The van der Waals surface area contributed by atoms with Crippen molar-refractivity contribution in [3.63, 3.8) is 0 Å². The van der Waals surface area contributed by atoms with Gasteiger partial charge in [-0.05, 0) is 24.3 Å². The van der Waals surface area contributed by atoms with Crippen molar-refractivity contribution in [3.8, 4) is 0 Å². The number of hydrogen-bond donors (Lipinski definition) is 0. The van der Waals surface area contributed by atoms with Gasteiger partial charge in [0.2, 0.25) is 11.8 Å². The Hall–Kier alpha value is -2.72. The van der Waals surface area contributed by atoms with E-state index in [2.05, 4.69) is 19.8 Å². The molecular formula is C22H28F2N6O2. The number of nitrogens with zero attached hydrogens (tertiary/aromatic N) is 6. The molecule has 0 amide bonds. The fourth-order valence-corrected chi connectivity index (χ4v) is 4.34. The Kier molecular flexibility index (Phi) is 6.22. The molecule has 0 atom stereocenters. The third kappa shape index (κ3) is 4.42. The van der Waals surface area contributed by atoms with Crippen molar-refractivity contribution in [2.45, 2.75) is 0 Å². The molecule has 1 aromatic heterocycles.